The van der Waals surface area contributed by atoms with Gasteiger partial charge in [0.25, 0.3) is 0 Å². The van der Waals surface area contributed by atoms with Crippen LogP contribution >= 0.6 is 7.92 Å². The molecule has 0 heterocycles. The highest BCUT2D eigenvalue weighted by atomic mass is 31.1. The van der Waals surface area contributed by atoms with Gasteiger partial charge in [-0.05, 0) is 69.4 Å². The summed E-state index contributed by atoms with van der Waals surface area (Å²) in [6.45, 7) is 13.5. The minimum absolute atomic E-state index is 0.191. The van der Waals surface area contributed by atoms with Gasteiger partial charge in [-0.2, -0.15) is 0 Å². The van der Waals surface area contributed by atoms with E-state index in [1.807, 2.05) is 0 Å². The average Bonchev–Trinajstić information content (AvgIpc) is 3.33. The molecule has 3 aromatic carbocycles. The van der Waals surface area contributed by atoms with Gasteiger partial charge in [0.2, 0.25) is 0 Å². The number of esters is 2. The Morgan fingerprint density at radius 1 is 0.641 bits per heavy atom. The van der Waals surface area contributed by atoms with Crippen molar-refractivity contribution in [1.82, 2.24) is 0 Å². The Balaban J connectivity index is 2.18. The van der Waals surface area contributed by atoms with Crippen LogP contribution in [0.3, 0.4) is 0 Å². The van der Waals surface area contributed by atoms with Gasteiger partial charge in [-0.25, -0.2) is 0 Å². The molecule has 39 heavy (non-hydrogen) atoms. The molecule has 0 aromatic heterocycles. The Morgan fingerprint density at radius 3 is 1.38 bits per heavy atom. The monoisotopic (exact) mass is 544 g/mol. The van der Waals surface area contributed by atoms with Crippen LogP contribution in [0.4, 0.5) is 0 Å². The molecule has 0 saturated heterocycles. The fourth-order valence-corrected chi connectivity index (χ4v) is 9.41. The van der Waals surface area contributed by atoms with E-state index in [9.17, 15) is 9.59 Å². The number of benzene rings is 3. The lowest BCUT2D eigenvalue weighted by atomic mass is 9.80. The van der Waals surface area contributed by atoms with E-state index in [0.29, 0.717) is 12.8 Å². The number of rotatable bonds is 8. The second-order valence-electron chi connectivity index (χ2n) is 11.4. The molecule has 0 aliphatic heterocycles. The SMILES string of the molecule is COC(=O)C1(C(=O)OC)Cc2c(c(C(C)C)c(P(c3ccccc3)c3ccccc3)c(C(C)C)c2C(C)C)C1. The first kappa shape index (κ1) is 29.0. The van der Waals surface area contributed by atoms with Crippen molar-refractivity contribution in [3.05, 3.63) is 88.5 Å². The van der Waals surface area contributed by atoms with Gasteiger partial charge in [-0.15, -0.1) is 0 Å². The largest absolute Gasteiger partial charge is 0.468 e. The zero-order chi connectivity index (χ0) is 28.5. The number of hydrogen-bond donors (Lipinski definition) is 0. The lowest BCUT2D eigenvalue weighted by Gasteiger charge is -2.33. The fraction of sp³-hybridized carbons (Fsp3) is 0.412. The van der Waals surface area contributed by atoms with Crippen molar-refractivity contribution in [3.63, 3.8) is 0 Å². The van der Waals surface area contributed by atoms with Crippen molar-refractivity contribution in [2.45, 2.75) is 72.1 Å². The third kappa shape index (κ3) is 5.05. The summed E-state index contributed by atoms with van der Waals surface area (Å²) in [4.78, 5) is 26.7. The van der Waals surface area contributed by atoms with E-state index in [2.05, 4.69) is 102 Å². The van der Waals surface area contributed by atoms with E-state index in [4.69, 9.17) is 9.47 Å². The molecule has 0 fully saturated rings. The third-order valence-electron chi connectivity index (χ3n) is 7.91. The van der Waals surface area contributed by atoms with Crippen molar-refractivity contribution in [1.29, 1.82) is 0 Å². The zero-order valence-electron chi connectivity index (χ0n) is 24.5. The van der Waals surface area contributed by atoms with Crippen molar-refractivity contribution < 1.29 is 19.1 Å². The molecule has 4 nitrogen and oxygen atoms in total. The van der Waals surface area contributed by atoms with E-state index in [1.165, 1.54) is 46.8 Å². The molecule has 5 heteroatoms. The number of carbonyl (C=O) groups excluding carboxylic acids is 2. The Labute approximate surface area is 234 Å². The highest BCUT2D eigenvalue weighted by Crippen LogP contribution is 2.50. The summed E-state index contributed by atoms with van der Waals surface area (Å²) in [7, 11) is 1.82. The molecule has 0 bridgehead atoms. The van der Waals surface area contributed by atoms with Crippen LogP contribution in [-0.4, -0.2) is 26.2 Å². The van der Waals surface area contributed by atoms with Crippen LogP contribution in [0.2, 0.25) is 0 Å². The molecule has 0 N–H and O–H groups in total. The van der Waals surface area contributed by atoms with Crippen LogP contribution in [0.15, 0.2) is 60.7 Å². The van der Waals surface area contributed by atoms with Gasteiger partial charge in [-0.1, -0.05) is 102 Å². The van der Waals surface area contributed by atoms with Crippen molar-refractivity contribution >= 4 is 35.8 Å². The first-order valence-corrected chi connectivity index (χ1v) is 15.2. The number of hydrogen-bond acceptors (Lipinski definition) is 4. The summed E-state index contributed by atoms with van der Waals surface area (Å²) in [5.41, 5.74) is 4.79. The van der Waals surface area contributed by atoms with Crippen molar-refractivity contribution in [2.75, 3.05) is 14.2 Å². The average molecular weight is 545 g/mol. The quantitative estimate of drug-likeness (QED) is 0.191. The summed E-state index contributed by atoms with van der Waals surface area (Å²) < 4.78 is 10.5. The summed E-state index contributed by atoms with van der Waals surface area (Å²) in [6.07, 6.45) is 0.608. The van der Waals surface area contributed by atoms with E-state index >= 15 is 0 Å². The standard InChI is InChI=1S/C34H41O4P/c1-21(2)28-26-19-34(32(35)37-7,33(36)38-8)20-27(26)29(22(3)4)31(30(28)23(5)6)39(24-15-11-9-12-16-24)25-17-13-10-14-18-25/h9-18,21-23H,19-20H2,1-8H3. The van der Waals surface area contributed by atoms with E-state index < -0.39 is 25.3 Å². The molecule has 0 saturated carbocycles. The molecule has 1 aliphatic carbocycles. The second-order valence-corrected chi connectivity index (χ2v) is 13.6. The number of methoxy groups -OCH3 is 2. The smallest absolute Gasteiger partial charge is 0.323 e. The molecule has 0 unspecified atom stereocenters. The van der Waals surface area contributed by atoms with Crippen molar-refractivity contribution in [2.24, 2.45) is 5.41 Å². The van der Waals surface area contributed by atoms with Crippen LogP contribution in [0.5, 0.6) is 0 Å². The Bertz CT molecular complexity index is 1290. The van der Waals surface area contributed by atoms with Gasteiger partial charge >= 0.3 is 11.9 Å². The number of fused-ring (bicyclic) bond motifs is 1. The van der Waals surface area contributed by atoms with Crippen LogP contribution in [0, 0.1) is 5.41 Å². The molecule has 0 radical (unpaired) electrons. The summed E-state index contributed by atoms with van der Waals surface area (Å²) in [5, 5.41) is 3.96. The predicted molar refractivity (Wildman–Crippen MR) is 161 cm³/mol. The first-order chi connectivity index (χ1) is 18.6. The molecule has 0 atom stereocenters. The first-order valence-electron chi connectivity index (χ1n) is 13.9. The van der Waals surface area contributed by atoms with E-state index in [0.717, 1.165) is 11.1 Å². The topological polar surface area (TPSA) is 52.6 Å². The predicted octanol–water partition coefficient (Wildman–Crippen LogP) is 6.25. The summed E-state index contributed by atoms with van der Waals surface area (Å²) in [6, 6.07) is 21.6. The molecule has 4 rings (SSSR count). The van der Waals surface area contributed by atoms with Crippen LogP contribution in [0.1, 0.15) is 87.1 Å². The van der Waals surface area contributed by atoms with Gasteiger partial charge in [0.15, 0.2) is 5.41 Å². The highest BCUT2D eigenvalue weighted by molar-refractivity contribution is 7.80. The van der Waals surface area contributed by atoms with E-state index in [-0.39, 0.29) is 17.8 Å². The Kier molecular flexibility index (Phi) is 8.66. The fourth-order valence-electron chi connectivity index (χ4n) is 6.40. The van der Waals surface area contributed by atoms with E-state index in [1.54, 1.807) is 0 Å². The minimum atomic E-state index is -1.37. The molecular weight excluding hydrogens is 503 g/mol. The summed E-state index contributed by atoms with van der Waals surface area (Å²) in [5.74, 6) is -0.377. The third-order valence-corrected chi connectivity index (χ3v) is 10.5. The lowest BCUT2D eigenvalue weighted by Crippen LogP contribution is -2.42. The summed E-state index contributed by atoms with van der Waals surface area (Å²) >= 11 is 0. The Hall–Kier alpha value is -2.97. The Morgan fingerprint density at radius 2 is 1.03 bits per heavy atom. The molecule has 206 valence electrons. The molecule has 1 aliphatic rings. The molecular formula is C34H41O4P. The maximum Gasteiger partial charge on any atom is 0.323 e. The van der Waals surface area contributed by atoms with Gasteiger partial charge in [0.05, 0.1) is 14.2 Å². The molecule has 3 aromatic rings. The van der Waals surface area contributed by atoms with Crippen molar-refractivity contribution in [3.8, 4) is 0 Å². The number of ether oxygens (including phenoxy) is 2. The minimum Gasteiger partial charge on any atom is -0.468 e. The zero-order valence-corrected chi connectivity index (χ0v) is 25.4. The lowest BCUT2D eigenvalue weighted by molar-refractivity contribution is -0.168. The van der Waals surface area contributed by atoms with Crippen LogP contribution in [0.25, 0.3) is 0 Å². The van der Waals surface area contributed by atoms with Gasteiger partial charge < -0.3 is 9.47 Å². The van der Waals surface area contributed by atoms with Crippen LogP contribution < -0.4 is 15.9 Å². The molecule has 0 spiro atoms. The maximum absolute atomic E-state index is 13.3. The van der Waals surface area contributed by atoms with Gasteiger partial charge in [0.1, 0.15) is 0 Å². The van der Waals surface area contributed by atoms with Crippen LogP contribution in [-0.2, 0) is 31.9 Å². The molecule has 0 amide bonds. The maximum atomic E-state index is 13.3. The second kappa shape index (κ2) is 11.6. The van der Waals surface area contributed by atoms with Gasteiger partial charge in [0, 0.05) is 12.8 Å². The number of carbonyl (C=O) groups is 2. The normalized spacial score (nSPS) is 14.3. The van der Waals surface area contributed by atoms with Gasteiger partial charge in [-0.3, -0.25) is 9.59 Å². The highest BCUT2D eigenvalue weighted by Gasteiger charge is 2.54.